The second-order valence-corrected chi connectivity index (χ2v) is 7.24. The first-order valence-corrected chi connectivity index (χ1v) is 8.97. The highest BCUT2D eigenvalue weighted by Gasteiger charge is 2.23. The van der Waals surface area contributed by atoms with E-state index in [1.165, 1.54) is 0 Å². The Morgan fingerprint density at radius 1 is 1.22 bits per heavy atom. The van der Waals surface area contributed by atoms with E-state index in [0.717, 1.165) is 16.8 Å². The van der Waals surface area contributed by atoms with Crippen LogP contribution in [0.5, 0.6) is 0 Å². The summed E-state index contributed by atoms with van der Waals surface area (Å²) in [5, 5.41) is 0.537. The Kier molecular flexibility index (Phi) is 4.11. The van der Waals surface area contributed by atoms with Gasteiger partial charge in [-0.05, 0) is 44.0 Å². The predicted octanol–water partition coefficient (Wildman–Crippen LogP) is 1.94. The van der Waals surface area contributed by atoms with Gasteiger partial charge in [-0.1, -0.05) is 0 Å². The lowest BCUT2D eigenvalue weighted by Gasteiger charge is -2.27. The molecule has 1 aromatic carbocycles. The summed E-state index contributed by atoms with van der Waals surface area (Å²) >= 11 is 0. The fourth-order valence-corrected chi connectivity index (χ4v) is 3.62. The Morgan fingerprint density at radius 3 is 2.74 bits per heavy atom. The fraction of sp³-hybridized carbons (Fsp3) is 0.350. The van der Waals surface area contributed by atoms with Crippen molar-refractivity contribution in [3.63, 3.8) is 0 Å². The molecule has 2 aromatic heterocycles. The van der Waals surface area contributed by atoms with Gasteiger partial charge < -0.3 is 15.1 Å². The summed E-state index contributed by atoms with van der Waals surface area (Å²) in [5.74, 6) is 0.759. The number of hydrogen-bond acceptors (Lipinski definition) is 6. The summed E-state index contributed by atoms with van der Waals surface area (Å²) in [6.07, 6.45) is 0.664. The molecule has 3 aromatic rings. The van der Waals surface area contributed by atoms with Gasteiger partial charge in [0.25, 0.3) is 5.56 Å². The number of nitrogens with zero attached hydrogens (tertiary/aromatic N) is 2. The molecule has 0 amide bonds. The topological polar surface area (TPSA) is 105 Å². The third-order valence-corrected chi connectivity index (χ3v) is 5.28. The molecule has 7 heteroatoms. The molecule has 140 valence electrons. The van der Waals surface area contributed by atoms with Crippen molar-refractivity contribution in [2.75, 3.05) is 12.3 Å². The van der Waals surface area contributed by atoms with Crippen molar-refractivity contribution in [1.29, 1.82) is 0 Å². The molecule has 1 aliphatic rings. The molecule has 0 atom stereocenters. The van der Waals surface area contributed by atoms with Gasteiger partial charge in [-0.25, -0.2) is 4.98 Å². The number of benzene rings is 1. The number of anilines is 1. The van der Waals surface area contributed by atoms with Gasteiger partial charge in [0, 0.05) is 26.1 Å². The van der Waals surface area contributed by atoms with Crippen molar-refractivity contribution in [1.82, 2.24) is 14.9 Å². The smallest absolute Gasteiger partial charge is 0.255 e. The molecule has 0 bridgehead atoms. The van der Waals surface area contributed by atoms with E-state index >= 15 is 0 Å². The van der Waals surface area contributed by atoms with Crippen LogP contribution in [0.25, 0.3) is 11.0 Å². The molecule has 1 aliphatic heterocycles. The Bertz CT molecular complexity index is 1180. The summed E-state index contributed by atoms with van der Waals surface area (Å²) in [5.41, 5.74) is 10.3. The van der Waals surface area contributed by atoms with E-state index in [1.807, 2.05) is 30.9 Å². The summed E-state index contributed by atoms with van der Waals surface area (Å²) in [6, 6.07) is 3.69. The van der Waals surface area contributed by atoms with Crippen molar-refractivity contribution in [2.45, 2.75) is 40.3 Å². The lowest BCUT2D eigenvalue weighted by Crippen LogP contribution is -2.36. The first kappa shape index (κ1) is 17.5. The maximum Gasteiger partial charge on any atom is 0.255 e. The molecule has 0 saturated carbocycles. The van der Waals surface area contributed by atoms with Crippen LogP contribution in [0.1, 0.15) is 33.8 Å². The van der Waals surface area contributed by atoms with Crippen LogP contribution in [0.3, 0.4) is 0 Å². The maximum atomic E-state index is 13.0. The molecule has 3 heterocycles. The third-order valence-electron chi connectivity index (χ3n) is 5.28. The number of aromatic amines is 1. The summed E-state index contributed by atoms with van der Waals surface area (Å²) in [6.45, 7) is 7.18. The van der Waals surface area contributed by atoms with E-state index in [9.17, 15) is 9.59 Å². The number of nitrogen functional groups attached to an aromatic ring is 1. The molecule has 0 aliphatic carbocycles. The van der Waals surface area contributed by atoms with Crippen molar-refractivity contribution in [3.05, 3.63) is 66.5 Å². The summed E-state index contributed by atoms with van der Waals surface area (Å²) in [7, 11) is 0. The molecule has 0 fully saturated rings. The molecule has 0 radical (unpaired) electrons. The molecule has 3 N–H and O–H groups in total. The van der Waals surface area contributed by atoms with Crippen LogP contribution in [-0.4, -0.2) is 21.4 Å². The Hall–Kier alpha value is -2.93. The standard InChI is InChI=1S/C20H22N4O3/c1-10-6-13-17(7-11(10)2)27-19(21)15(18(13)25)9-24-5-4-16-14(8-24)20(26)23-12(3)22-16/h6-7H,4-5,8-9,21H2,1-3H3,(H,22,23,26). The minimum atomic E-state index is -0.119. The van der Waals surface area contributed by atoms with Crippen LogP contribution >= 0.6 is 0 Å². The first-order chi connectivity index (χ1) is 12.8. The lowest BCUT2D eigenvalue weighted by molar-refractivity contribution is 0.240. The van der Waals surface area contributed by atoms with Crippen LogP contribution in [0.4, 0.5) is 5.88 Å². The highest BCUT2D eigenvalue weighted by molar-refractivity contribution is 5.80. The molecular weight excluding hydrogens is 344 g/mol. The quantitative estimate of drug-likeness (QED) is 0.718. The van der Waals surface area contributed by atoms with Gasteiger partial charge in [0.05, 0.1) is 22.2 Å². The normalized spacial score (nSPS) is 14.5. The number of H-pyrrole nitrogens is 1. The highest BCUT2D eigenvalue weighted by Crippen LogP contribution is 2.23. The van der Waals surface area contributed by atoms with E-state index in [-0.39, 0.29) is 16.9 Å². The van der Waals surface area contributed by atoms with Crippen LogP contribution in [0, 0.1) is 20.8 Å². The molecule has 0 saturated heterocycles. The minimum Gasteiger partial charge on any atom is -0.440 e. The van der Waals surface area contributed by atoms with E-state index in [2.05, 4.69) is 9.97 Å². The SMILES string of the molecule is Cc1nc2c(c(=O)[nH]1)CN(Cc1c(N)oc3cc(C)c(C)cc3c1=O)CC2. The van der Waals surface area contributed by atoms with Gasteiger partial charge in [0.2, 0.25) is 0 Å². The molecule has 7 nitrogen and oxygen atoms in total. The van der Waals surface area contributed by atoms with E-state index in [0.29, 0.717) is 54.0 Å². The van der Waals surface area contributed by atoms with E-state index < -0.39 is 0 Å². The highest BCUT2D eigenvalue weighted by atomic mass is 16.3. The first-order valence-electron chi connectivity index (χ1n) is 8.97. The van der Waals surface area contributed by atoms with E-state index in [1.54, 1.807) is 6.92 Å². The number of nitrogens with one attached hydrogen (secondary N) is 1. The van der Waals surface area contributed by atoms with Gasteiger partial charge in [0.15, 0.2) is 11.3 Å². The predicted molar refractivity (Wildman–Crippen MR) is 104 cm³/mol. The van der Waals surface area contributed by atoms with Gasteiger partial charge in [-0.3, -0.25) is 14.5 Å². The number of aromatic nitrogens is 2. The molecular formula is C20H22N4O3. The number of aryl methyl sites for hydroxylation is 3. The zero-order valence-corrected chi connectivity index (χ0v) is 15.7. The Labute approximate surface area is 155 Å². The minimum absolute atomic E-state index is 0.112. The van der Waals surface area contributed by atoms with Gasteiger partial charge in [-0.2, -0.15) is 0 Å². The van der Waals surface area contributed by atoms with Gasteiger partial charge >= 0.3 is 0 Å². The van der Waals surface area contributed by atoms with Gasteiger partial charge in [-0.15, -0.1) is 0 Å². The maximum absolute atomic E-state index is 13.0. The van der Waals surface area contributed by atoms with Crippen LogP contribution in [0.2, 0.25) is 0 Å². The number of rotatable bonds is 2. The monoisotopic (exact) mass is 366 g/mol. The zero-order valence-electron chi connectivity index (χ0n) is 15.7. The number of nitrogens with two attached hydrogens (primary N) is 1. The van der Waals surface area contributed by atoms with Crippen molar-refractivity contribution < 1.29 is 4.42 Å². The van der Waals surface area contributed by atoms with Crippen molar-refractivity contribution in [2.24, 2.45) is 0 Å². The average molecular weight is 366 g/mol. The number of hydrogen-bond donors (Lipinski definition) is 2. The summed E-state index contributed by atoms with van der Waals surface area (Å²) in [4.78, 5) is 34.4. The molecule has 27 heavy (non-hydrogen) atoms. The second-order valence-electron chi connectivity index (χ2n) is 7.24. The largest absolute Gasteiger partial charge is 0.440 e. The zero-order chi connectivity index (χ0) is 19.3. The molecule has 4 rings (SSSR count). The van der Waals surface area contributed by atoms with Crippen molar-refractivity contribution in [3.8, 4) is 0 Å². The number of fused-ring (bicyclic) bond motifs is 2. The summed E-state index contributed by atoms with van der Waals surface area (Å²) < 4.78 is 5.73. The second kappa shape index (κ2) is 6.35. The van der Waals surface area contributed by atoms with Gasteiger partial charge in [0.1, 0.15) is 11.4 Å². The van der Waals surface area contributed by atoms with E-state index in [4.69, 9.17) is 10.2 Å². The Balaban J connectivity index is 1.71. The lowest BCUT2D eigenvalue weighted by atomic mass is 10.0. The Morgan fingerprint density at radius 2 is 1.96 bits per heavy atom. The molecule has 0 spiro atoms. The average Bonchev–Trinajstić information content (AvgIpc) is 2.61. The van der Waals surface area contributed by atoms with Crippen LogP contribution < -0.4 is 16.7 Å². The van der Waals surface area contributed by atoms with Crippen LogP contribution in [0.15, 0.2) is 26.1 Å². The van der Waals surface area contributed by atoms with Crippen molar-refractivity contribution >= 4 is 16.9 Å². The molecule has 0 unspecified atom stereocenters. The fourth-order valence-electron chi connectivity index (χ4n) is 3.62. The van der Waals surface area contributed by atoms with Crippen LogP contribution in [-0.2, 0) is 19.5 Å². The third kappa shape index (κ3) is 3.04.